The highest BCUT2D eigenvalue weighted by atomic mass is 79.9. The van der Waals surface area contributed by atoms with Gasteiger partial charge in [-0.25, -0.2) is 9.59 Å². The van der Waals surface area contributed by atoms with E-state index in [0.29, 0.717) is 5.69 Å². The second-order valence-corrected chi connectivity index (χ2v) is 8.03. The first-order valence-electron chi connectivity index (χ1n) is 7.33. The summed E-state index contributed by atoms with van der Waals surface area (Å²) in [5, 5.41) is 0. The predicted molar refractivity (Wildman–Crippen MR) is 93.8 cm³/mol. The summed E-state index contributed by atoms with van der Waals surface area (Å²) in [5.41, 5.74) is -0.291. The normalized spacial score (nSPS) is 11.8. The maximum absolute atomic E-state index is 12.5. The van der Waals surface area contributed by atoms with Crippen LogP contribution in [-0.4, -0.2) is 23.4 Å². The van der Waals surface area contributed by atoms with E-state index in [4.69, 9.17) is 9.47 Å². The van der Waals surface area contributed by atoms with Gasteiger partial charge in [0.05, 0.1) is 5.69 Å². The van der Waals surface area contributed by atoms with Crippen LogP contribution in [0.1, 0.15) is 47.1 Å². The SMILES string of the molecule is Cc1c(Br)cccc1N(C(=O)OC(C)(C)C)C(=O)OC(C)(C)C. The third-order valence-corrected chi connectivity index (χ3v) is 3.49. The molecule has 0 atom stereocenters. The minimum absolute atomic E-state index is 0.419. The Kier molecular flexibility index (Phi) is 5.85. The van der Waals surface area contributed by atoms with E-state index in [1.165, 1.54) is 0 Å². The number of carbonyl (C=O) groups is 2. The third kappa shape index (κ3) is 5.86. The molecule has 0 spiro atoms. The van der Waals surface area contributed by atoms with E-state index in [9.17, 15) is 9.59 Å². The fourth-order valence-corrected chi connectivity index (χ4v) is 2.08. The van der Waals surface area contributed by atoms with Gasteiger partial charge in [0.15, 0.2) is 0 Å². The summed E-state index contributed by atoms with van der Waals surface area (Å²) in [6, 6.07) is 5.25. The molecule has 1 aromatic carbocycles. The molecule has 128 valence electrons. The van der Waals surface area contributed by atoms with Crippen LogP contribution < -0.4 is 4.90 Å². The lowest BCUT2D eigenvalue weighted by Crippen LogP contribution is -2.44. The third-order valence-electron chi connectivity index (χ3n) is 2.63. The van der Waals surface area contributed by atoms with E-state index in [1.54, 1.807) is 60.6 Å². The zero-order chi connectivity index (χ0) is 18.0. The molecule has 0 aliphatic carbocycles. The molecule has 5 nitrogen and oxygen atoms in total. The summed E-state index contributed by atoms with van der Waals surface area (Å²) >= 11 is 3.40. The van der Waals surface area contributed by atoms with Gasteiger partial charge in [0, 0.05) is 4.47 Å². The van der Waals surface area contributed by atoms with Crippen molar-refractivity contribution in [3.63, 3.8) is 0 Å². The lowest BCUT2D eigenvalue weighted by molar-refractivity contribution is 0.0430. The molecule has 0 saturated heterocycles. The topological polar surface area (TPSA) is 55.8 Å². The van der Waals surface area contributed by atoms with Gasteiger partial charge in [0.2, 0.25) is 0 Å². The molecule has 0 N–H and O–H groups in total. The second-order valence-electron chi connectivity index (χ2n) is 7.18. The van der Waals surface area contributed by atoms with Gasteiger partial charge >= 0.3 is 12.2 Å². The summed E-state index contributed by atoms with van der Waals surface area (Å²) in [6.45, 7) is 12.3. The first-order valence-corrected chi connectivity index (χ1v) is 8.12. The molecule has 0 unspecified atom stereocenters. The van der Waals surface area contributed by atoms with Crippen molar-refractivity contribution in [2.75, 3.05) is 4.90 Å². The number of rotatable bonds is 1. The largest absolute Gasteiger partial charge is 0.443 e. The van der Waals surface area contributed by atoms with Crippen LogP contribution in [0.25, 0.3) is 0 Å². The Morgan fingerprint density at radius 2 is 1.39 bits per heavy atom. The molecule has 2 amide bonds. The van der Waals surface area contributed by atoms with Crippen molar-refractivity contribution >= 4 is 33.8 Å². The number of anilines is 1. The molecule has 0 saturated carbocycles. The van der Waals surface area contributed by atoms with Crippen molar-refractivity contribution in [3.05, 3.63) is 28.2 Å². The minimum Gasteiger partial charge on any atom is -0.443 e. The van der Waals surface area contributed by atoms with Crippen molar-refractivity contribution in [3.8, 4) is 0 Å². The van der Waals surface area contributed by atoms with Gasteiger partial charge in [-0.1, -0.05) is 22.0 Å². The lowest BCUT2D eigenvalue weighted by Gasteiger charge is -2.29. The molecule has 0 bridgehead atoms. The number of imide groups is 1. The van der Waals surface area contributed by atoms with Crippen molar-refractivity contribution in [2.24, 2.45) is 0 Å². The molecule has 0 aromatic heterocycles. The van der Waals surface area contributed by atoms with E-state index in [0.717, 1.165) is 14.9 Å². The number of halogens is 1. The van der Waals surface area contributed by atoms with Crippen molar-refractivity contribution in [1.82, 2.24) is 0 Å². The maximum Gasteiger partial charge on any atom is 0.424 e. The predicted octanol–water partition coefficient (Wildman–Crippen LogP) is 5.43. The Bertz CT molecular complexity index is 572. The highest BCUT2D eigenvalue weighted by Gasteiger charge is 2.33. The molecule has 0 aliphatic rings. The van der Waals surface area contributed by atoms with Crippen LogP contribution in [0.4, 0.5) is 15.3 Å². The number of amides is 2. The van der Waals surface area contributed by atoms with Crippen LogP contribution in [0.5, 0.6) is 0 Å². The number of carbonyl (C=O) groups excluding carboxylic acids is 2. The summed E-state index contributed by atoms with van der Waals surface area (Å²) in [4.78, 5) is 26.0. The summed E-state index contributed by atoms with van der Waals surface area (Å²) in [7, 11) is 0. The molecule has 1 rings (SSSR count). The Labute approximate surface area is 146 Å². The molecular formula is C17H24BrNO4. The number of nitrogens with zero attached hydrogens (tertiary/aromatic N) is 1. The summed E-state index contributed by atoms with van der Waals surface area (Å²) in [6.07, 6.45) is -1.54. The van der Waals surface area contributed by atoms with E-state index >= 15 is 0 Å². The molecule has 0 fully saturated rings. The number of hydrogen-bond donors (Lipinski definition) is 0. The van der Waals surface area contributed by atoms with Crippen LogP contribution in [0.3, 0.4) is 0 Å². The van der Waals surface area contributed by atoms with Crippen LogP contribution >= 0.6 is 15.9 Å². The number of ether oxygens (including phenoxy) is 2. The lowest BCUT2D eigenvalue weighted by atomic mass is 10.2. The van der Waals surface area contributed by atoms with Gasteiger partial charge < -0.3 is 9.47 Å². The zero-order valence-electron chi connectivity index (χ0n) is 14.7. The molecule has 0 radical (unpaired) electrons. The first kappa shape index (κ1) is 19.5. The van der Waals surface area contributed by atoms with Gasteiger partial charge in [-0.3, -0.25) is 0 Å². The van der Waals surface area contributed by atoms with E-state index in [1.807, 2.05) is 6.07 Å². The molecule has 0 aliphatic heterocycles. The van der Waals surface area contributed by atoms with Crippen LogP contribution in [0.15, 0.2) is 22.7 Å². The maximum atomic E-state index is 12.5. The molecular weight excluding hydrogens is 362 g/mol. The molecule has 0 heterocycles. The number of benzene rings is 1. The van der Waals surface area contributed by atoms with Gasteiger partial charge in [0.25, 0.3) is 0 Å². The standard InChI is InChI=1S/C17H24BrNO4/c1-11-12(18)9-8-10-13(11)19(14(20)22-16(2,3)4)15(21)23-17(5,6)7/h8-10H,1-7H3. The summed E-state index contributed by atoms with van der Waals surface area (Å²) in [5.74, 6) is 0. The van der Waals surface area contributed by atoms with Crippen LogP contribution in [-0.2, 0) is 9.47 Å². The Balaban J connectivity index is 3.29. The molecule has 6 heteroatoms. The highest BCUT2D eigenvalue weighted by molar-refractivity contribution is 9.10. The van der Waals surface area contributed by atoms with Gasteiger partial charge in [-0.2, -0.15) is 4.90 Å². The quantitative estimate of drug-likeness (QED) is 0.646. The van der Waals surface area contributed by atoms with Crippen molar-refractivity contribution < 1.29 is 19.1 Å². The van der Waals surface area contributed by atoms with Gasteiger partial charge in [0.1, 0.15) is 11.2 Å². The molecule has 1 aromatic rings. The Morgan fingerprint density at radius 1 is 0.957 bits per heavy atom. The molecule has 23 heavy (non-hydrogen) atoms. The fourth-order valence-electron chi connectivity index (χ4n) is 1.72. The van der Waals surface area contributed by atoms with Gasteiger partial charge in [-0.15, -0.1) is 0 Å². The monoisotopic (exact) mass is 385 g/mol. The average Bonchev–Trinajstić information content (AvgIpc) is 2.30. The van der Waals surface area contributed by atoms with Crippen LogP contribution in [0.2, 0.25) is 0 Å². The first-order chi connectivity index (χ1) is 10.3. The van der Waals surface area contributed by atoms with Crippen molar-refractivity contribution in [2.45, 2.75) is 59.7 Å². The Hall–Kier alpha value is -1.56. The summed E-state index contributed by atoms with van der Waals surface area (Å²) < 4.78 is 11.5. The Morgan fingerprint density at radius 3 is 1.78 bits per heavy atom. The van der Waals surface area contributed by atoms with E-state index in [-0.39, 0.29) is 0 Å². The second kappa shape index (κ2) is 6.91. The van der Waals surface area contributed by atoms with E-state index in [2.05, 4.69) is 15.9 Å². The minimum atomic E-state index is -0.770. The van der Waals surface area contributed by atoms with Gasteiger partial charge in [-0.05, 0) is 66.2 Å². The smallest absolute Gasteiger partial charge is 0.424 e. The van der Waals surface area contributed by atoms with E-state index < -0.39 is 23.4 Å². The zero-order valence-corrected chi connectivity index (χ0v) is 16.3. The highest BCUT2D eigenvalue weighted by Crippen LogP contribution is 2.29. The fraction of sp³-hybridized carbons (Fsp3) is 0.529. The van der Waals surface area contributed by atoms with Crippen LogP contribution in [0, 0.1) is 6.92 Å². The average molecular weight is 386 g/mol. The number of hydrogen-bond acceptors (Lipinski definition) is 4. The van der Waals surface area contributed by atoms with Crippen molar-refractivity contribution in [1.29, 1.82) is 0 Å².